The Balaban J connectivity index is 3.35. The third-order valence-electron chi connectivity index (χ3n) is 1.77. The summed E-state index contributed by atoms with van der Waals surface area (Å²) in [6.45, 7) is 3.82. The van der Waals surface area contributed by atoms with Crippen LogP contribution < -0.4 is 0 Å². The van der Waals surface area contributed by atoms with Crippen LogP contribution >= 0.6 is 26.6 Å². The van der Waals surface area contributed by atoms with Crippen LogP contribution in [-0.2, 0) is 9.05 Å². The topological polar surface area (TPSA) is 34.1 Å². The van der Waals surface area contributed by atoms with E-state index in [9.17, 15) is 8.42 Å². The van der Waals surface area contributed by atoms with Gasteiger partial charge >= 0.3 is 0 Å². The van der Waals surface area contributed by atoms with Gasteiger partial charge in [0.05, 0.1) is 4.91 Å². The summed E-state index contributed by atoms with van der Waals surface area (Å²) in [6, 6.07) is 0. The maximum absolute atomic E-state index is 11.2. The van der Waals surface area contributed by atoms with Crippen molar-refractivity contribution in [2.75, 3.05) is 0 Å². The maximum Gasteiger partial charge on any atom is 0.262 e. The molecule has 0 saturated heterocycles. The first-order valence-electron chi connectivity index (χ1n) is 3.95. The second-order valence-electron chi connectivity index (χ2n) is 3.64. The fraction of sp³-hybridized carbons (Fsp3) is 0.333. The van der Waals surface area contributed by atoms with E-state index in [1.165, 1.54) is 0 Å². The van der Waals surface area contributed by atoms with Crippen LogP contribution in [0, 0.1) is 5.41 Å². The van der Waals surface area contributed by atoms with Crippen LogP contribution in [0.1, 0.15) is 13.8 Å². The Morgan fingerprint density at radius 3 is 2.50 bits per heavy atom. The lowest BCUT2D eigenvalue weighted by molar-refractivity contribution is 0.607. The number of rotatable bonds is 1. The Bertz CT molecular complexity index is 430. The molecular formula is C9H10BrClO2S. The molecule has 0 fully saturated rings. The van der Waals surface area contributed by atoms with Crippen molar-refractivity contribution >= 4 is 35.7 Å². The highest BCUT2D eigenvalue weighted by Gasteiger charge is 2.23. The van der Waals surface area contributed by atoms with Gasteiger partial charge in [-0.1, -0.05) is 32.1 Å². The minimum Gasteiger partial charge on any atom is -0.207 e. The SMILES string of the molecule is CC1(C)C=CC=C(Br)C(S(=O)(=O)Cl)=C1. The molecule has 0 heterocycles. The summed E-state index contributed by atoms with van der Waals surface area (Å²) < 4.78 is 23.0. The number of allylic oxidation sites excluding steroid dienone is 5. The van der Waals surface area contributed by atoms with Gasteiger partial charge in [0, 0.05) is 20.6 Å². The van der Waals surface area contributed by atoms with Crippen molar-refractivity contribution in [3.8, 4) is 0 Å². The molecule has 0 aromatic heterocycles. The van der Waals surface area contributed by atoms with Crippen molar-refractivity contribution in [3.05, 3.63) is 33.7 Å². The third-order valence-corrected chi connectivity index (χ3v) is 4.09. The van der Waals surface area contributed by atoms with Gasteiger partial charge in [-0.2, -0.15) is 0 Å². The van der Waals surface area contributed by atoms with E-state index < -0.39 is 9.05 Å². The Labute approximate surface area is 96.9 Å². The van der Waals surface area contributed by atoms with E-state index >= 15 is 0 Å². The Hall–Kier alpha value is -0.0600. The van der Waals surface area contributed by atoms with Gasteiger partial charge < -0.3 is 0 Å². The van der Waals surface area contributed by atoms with E-state index in [0.29, 0.717) is 4.48 Å². The van der Waals surface area contributed by atoms with E-state index in [4.69, 9.17) is 10.7 Å². The first-order chi connectivity index (χ1) is 6.22. The number of halogens is 2. The molecule has 0 saturated carbocycles. The lowest BCUT2D eigenvalue weighted by Gasteiger charge is -2.14. The Morgan fingerprint density at radius 1 is 1.43 bits per heavy atom. The molecule has 0 radical (unpaired) electrons. The van der Waals surface area contributed by atoms with Gasteiger partial charge in [0.15, 0.2) is 0 Å². The third kappa shape index (κ3) is 2.97. The van der Waals surface area contributed by atoms with Crippen molar-refractivity contribution in [3.63, 3.8) is 0 Å². The molecule has 1 aliphatic carbocycles. The fourth-order valence-corrected chi connectivity index (χ4v) is 3.42. The smallest absolute Gasteiger partial charge is 0.207 e. The minimum atomic E-state index is -3.69. The molecule has 0 aromatic carbocycles. The highest BCUT2D eigenvalue weighted by molar-refractivity contribution is 9.12. The highest BCUT2D eigenvalue weighted by Crippen LogP contribution is 2.34. The summed E-state index contributed by atoms with van der Waals surface area (Å²) >= 11 is 3.17. The summed E-state index contributed by atoms with van der Waals surface area (Å²) in [5.41, 5.74) is -0.316. The summed E-state index contributed by atoms with van der Waals surface area (Å²) in [5.74, 6) is 0. The van der Waals surface area contributed by atoms with Crippen molar-refractivity contribution < 1.29 is 8.42 Å². The summed E-state index contributed by atoms with van der Waals surface area (Å²) in [5, 5.41) is 0. The molecule has 2 nitrogen and oxygen atoms in total. The quantitative estimate of drug-likeness (QED) is 0.696. The zero-order valence-electron chi connectivity index (χ0n) is 7.79. The van der Waals surface area contributed by atoms with Crippen LogP contribution in [0.3, 0.4) is 0 Å². The highest BCUT2D eigenvalue weighted by atomic mass is 79.9. The zero-order chi connectivity index (χ0) is 11.0. The van der Waals surface area contributed by atoms with E-state index in [1.807, 2.05) is 19.9 Å². The molecule has 14 heavy (non-hydrogen) atoms. The molecule has 0 amide bonds. The second-order valence-corrected chi connectivity index (χ2v) is 7.03. The van der Waals surface area contributed by atoms with Crippen LogP contribution in [-0.4, -0.2) is 8.42 Å². The summed E-state index contributed by atoms with van der Waals surface area (Å²) in [4.78, 5) is 0.120. The van der Waals surface area contributed by atoms with E-state index in [-0.39, 0.29) is 10.3 Å². The summed E-state index contributed by atoms with van der Waals surface area (Å²) in [6.07, 6.45) is 7.00. The first kappa shape index (κ1) is 12.0. The average molecular weight is 298 g/mol. The molecule has 78 valence electrons. The molecule has 5 heteroatoms. The molecule has 0 unspecified atom stereocenters. The lowest BCUT2D eigenvalue weighted by atomic mass is 9.93. The largest absolute Gasteiger partial charge is 0.262 e. The summed E-state index contributed by atoms with van der Waals surface area (Å²) in [7, 11) is 1.62. The van der Waals surface area contributed by atoms with Gasteiger partial charge in [0.25, 0.3) is 9.05 Å². The van der Waals surface area contributed by atoms with Crippen LogP contribution in [0.4, 0.5) is 0 Å². The minimum absolute atomic E-state index is 0.120. The lowest BCUT2D eigenvalue weighted by Crippen LogP contribution is -2.05. The van der Waals surface area contributed by atoms with E-state index in [2.05, 4.69) is 15.9 Å². The van der Waals surface area contributed by atoms with Crippen molar-refractivity contribution in [1.82, 2.24) is 0 Å². The Morgan fingerprint density at radius 2 is 2.00 bits per heavy atom. The average Bonchev–Trinajstić information content (AvgIpc) is 2.09. The van der Waals surface area contributed by atoms with Crippen LogP contribution in [0.5, 0.6) is 0 Å². The van der Waals surface area contributed by atoms with Crippen molar-refractivity contribution in [2.24, 2.45) is 5.41 Å². The standard InChI is InChI=1S/C9H10BrClO2S/c1-9(2)5-3-4-7(10)8(6-9)14(11,12)13/h3-6H,1-2H3. The predicted octanol–water partition coefficient (Wildman–Crippen LogP) is 3.31. The molecule has 0 bridgehead atoms. The van der Waals surface area contributed by atoms with E-state index in [0.717, 1.165) is 0 Å². The normalized spacial score (nSPS) is 21.1. The Kier molecular flexibility index (Phi) is 3.29. The van der Waals surface area contributed by atoms with Crippen molar-refractivity contribution in [1.29, 1.82) is 0 Å². The maximum atomic E-state index is 11.2. The fourth-order valence-electron chi connectivity index (χ4n) is 1.10. The molecule has 0 spiro atoms. The van der Waals surface area contributed by atoms with Gasteiger partial charge in [-0.15, -0.1) is 0 Å². The second kappa shape index (κ2) is 3.83. The van der Waals surface area contributed by atoms with Crippen molar-refractivity contribution in [2.45, 2.75) is 13.8 Å². The van der Waals surface area contributed by atoms with Gasteiger partial charge in [-0.3, -0.25) is 0 Å². The van der Waals surface area contributed by atoms with E-state index in [1.54, 1.807) is 18.2 Å². The zero-order valence-corrected chi connectivity index (χ0v) is 10.9. The molecule has 0 atom stereocenters. The molecule has 0 aromatic rings. The van der Waals surface area contributed by atoms with Crippen LogP contribution in [0.25, 0.3) is 0 Å². The van der Waals surface area contributed by atoms with Gasteiger partial charge in [0.2, 0.25) is 0 Å². The number of hydrogen-bond acceptors (Lipinski definition) is 2. The number of hydrogen-bond donors (Lipinski definition) is 0. The predicted molar refractivity (Wildman–Crippen MR) is 62.8 cm³/mol. The van der Waals surface area contributed by atoms with Crippen LogP contribution in [0.15, 0.2) is 33.7 Å². The first-order valence-corrected chi connectivity index (χ1v) is 7.05. The van der Waals surface area contributed by atoms with Gasteiger partial charge in [0.1, 0.15) is 0 Å². The molecular weight excluding hydrogens is 288 g/mol. The van der Waals surface area contributed by atoms with Gasteiger partial charge in [-0.25, -0.2) is 8.42 Å². The van der Waals surface area contributed by atoms with Gasteiger partial charge in [-0.05, 0) is 22.0 Å². The molecule has 1 rings (SSSR count). The van der Waals surface area contributed by atoms with Crippen LogP contribution in [0.2, 0.25) is 0 Å². The molecule has 1 aliphatic rings. The molecule has 0 aliphatic heterocycles. The molecule has 0 N–H and O–H groups in total. The monoisotopic (exact) mass is 296 g/mol.